The quantitative estimate of drug-likeness (QED) is 0.781. The first-order chi connectivity index (χ1) is 10.3. The molecule has 0 atom stereocenters. The van der Waals surface area contributed by atoms with E-state index in [0.717, 1.165) is 12.1 Å². The molecule has 1 amide bonds. The van der Waals surface area contributed by atoms with E-state index in [0.29, 0.717) is 12.1 Å². The number of benzene rings is 1. The van der Waals surface area contributed by atoms with Gasteiger partial charge in [-0.15, -0.1) is 0 Å². The predicted molar refractivity (Wildman–Crippen MR) is 77.6 cm³/mol. The minimum atomic E-state index is -0.133. The van der Waals surface area contributed by atoms with Crippen molar-refractivity contribution in [3.05, 3.63) is 78.3 Å². The van der Waals surface area contributed by atoms with Crippen molar-refractivity contribution in [3.8, 4) is 0 Å². The van der Waals surface area contributed by atoms with Crippen molar-refractivity contribution in [3.63, 3.8) is 0 Å². The molecule has 0 radical (unpaired) electrons. The van der Waals surface area contributed by atoms with Gasteiger partial charge in [0.2, 0.25) is 0 Å². The highest BCUT2D eigenvalue weighted by Crippen LogP contribution is 2.07. The van der Waals surface area contributed by atoms with Gasteiger partial charge in [0.15, 0.2) is 0 Å². The average molecular weight is 281 g/mol. The summed E-state index contributed by atoms with van der Waals surface area (Å²) >= 11 is 0. The predicted octanol–water partition coefficient (Wildman–Crippen LogP) is 2.45. The molecule has 21 heavy (non-hydrogen) atoms. The van der Waals surface area contributed by atoms with Gasteiger partial charge in [-0.3, -0.25) is 4.79 Å². The van der Waals surface area contributed by atoms with Crippen LogP contribution in [0, 0.1) is 0 Å². The lowest BCUT2D eigenvalue weighted by Crippen LogP contribution is -2.22. The van der Waals surface area contributed by atoms with Crippen LogP contribution in [0.5, 0.6) is 0 Å². The van der Waals surface area contributed by atoms with Gasteiger partial charge in [0.25, 0.3) is 5.91 Å². The Morgan fingerprint density at radius 1 is 1.19 bits per heavy atom. The molecule has 0 saturated carbocycles. The van der Waals surface area contributed by atoms with Crippen LogP contribution < -0.4 is 5.32 Å². The van der Waals surface area contributed by atoms with E-state index < -0.39 is 0 Å². The second-order valence-corrected chi connectivity index (χ2v) is 4.75. The SMILES string of the molecule is O=C(NCc1ccc(Cn2ccnc2)cc1)c1ccoc1. The maximum atomic E-state index is 11.8. The van der Waals surface area contributed by atoms with E-state index in [1.165, 1.54) is 18.1 Å². The zero-order valence-corrected chi connectivity index (χ0v) is 11.4. The third-order valence-corrected chi connectivity index (χ3v) is 3.18. The van der Waals surface area contributed by atoms with Gasteiger partial charge in [0.05, 0.1) is 18.2 Å². The number of amides is 1. The second-order valence-electron chi connectivity index (χ2n) is 4.75. The average Bonchev–Trinajstić information content (AvgIpc) is 3.19. The fourth-order valence-electron chi connectivity index (χ4n) is 2.03. The van der Waals surface area contributed by atoms with Crippen LogP contribution in [0.15, 0.2) is 66.0 Å². The van der Waals surface area contributed by atoms with Gasteiger partial charge in [0, 0.05) is 25.5 Å². The van der Waals surface area contributed by atoms with E-state index in [1.807, 2.05) is 22.9 Å². The molecular weight excluding hydrogens is 266 g/mol. The second kappa shape index (κ2) is 6.09. The molecular formula is C16H15N3O2. The van der Waals surface area contributed by atoms with E-state index >= 15 is 0 Å². The number of carbonyl (C=O) groups excluding carboxylic acids is 1. The molecule has 0 aliphatic heterocycles. The highest BCUT2D eigenvalue weighted by molar-refractivity contribution is 5.93. The molecule has 106 valence electrons. The number of furan rings is 1. The van der Waals surface area contributed by atoms with E-state index in [-0.39, 0.29) is 5.91 Å². The molecule has 0 fully saturated rings. The maximum absolute atomic E-state index is 11.8. The maximum Gasteiger partial charge on any atom is 0.254 e. The van der Waals surface area contributed by atoms with Gasteiger partial charge < -0.3 is 14.3 Å². The lowest BCUT2D eigenvalue weighted by molar-refractivity contribution is 0.0950. The van der Waals surface area contributed by atoms with Crippen molar-refractivity contribution in [2.45, 2.75) is 13.1 Å². The highest BCUT2D eigenvalue weighted by Gasteiger charge is 2.05. The highest BCUT2D eigenvalue weighted by atomic mass is 16.3. The van der Waals surface area contributed by atoms with Crippen molar-refractivity contribution < 1.29 is 9.21 Å². The number of rotatable bonds is 5. The number of hydrogen-bond donors (Lipinski definition) is 1. The summed E-state index contributed by atoms with van der Waals surface area (Å²) in [5.74, 6) is -0.133. The number of nitrogens with one attached hydrogen (secondary N) is 1. The van der Waals surface area contributed by atoms with Crippen LogP contribution in [0.25, 0.3) is 0 Å². The van der Waals surface area contributed by atoms with Gasteiger partial charge >= 0.3 is 0 Å². The first-order valence-corrected chi connectivity index (χ1v) is 6.65. The lowest BCUT2D eigenvalue weighted by atomic mass is 10.1. The van der Waals surface area contributed by atoms with Crippen molar-refractivity contribution in [2.75, 3.05) is 0 Å². The van der Waals surface area contributed by atoms with Crippen LogP contribution >= 0.6 is 0 Å². The van der Waals surface area contributed by atoms with Crippen LogP contribution in [-0.2, 0) is 13.1 Å². The minimum Gasteiger partial charge on any atom is -0.472 e. The molecule has 2 aromatic heterocycles. The largest absolute Gasteiger partial charge is 0.472 e. The first kappa shape index (κ1) is 13.2. The number of carbonyl (C=O) groups is 1. The Hall–Kier alpha value is -2.82. The van der Waals surface area contributed by atoms with Crippen molar-refractivity contribution in [2.24, 2.45) is 0 Å². The van der Waals surface area contributed by atoms with Crippen LogP contribution in [0.1, 0.15) is 21.5 Å². The summed E-state index contributed by atoms with van der Waals surface area (Å²) in [6.45, 7) is 1.29. The Kier molecular flexibility index (Phi) is 3.82. The summed E-state index contributed by atoms with van der Waals surface area (Å²) in [5, 5.41) is 2.85. The fourth-order valence-corrected chi connectivity index (χ4v) is 2.03. The summed E-state index contributed by atoms with van der Waals surface area (Å²) in [5.41, 5.74) is 2.78. The van der Waals surface area contributed by atoms with Crippen molar-refractivity contribution in [1.82, 2.24) is 14.9 Å². The summed E-state index contributed by atoms with van der Waals surface area (Å²) < 4.78 is 6.89. The van der Waals surface area contributed by atoms with Crippen LogP contribution in [-0.4, -0.2) is 15.5 Å². The Bertz CT molecular complexity index is 686. The Morgan fingerprint density at radius 3 is 2.67 bits per heavy atom. The van der Waals surface area contributed by atoms with Crippen LogP contribution in [0.3, 0.4) is 0 Å². The lowest BCUT2D eigenvalue weighted by Gasteiger charge is -2.06. The van der Waals surface area contributed by atoms with Gasteiger partial charge in [-0.05, 0) is 17.2 Å². The molecule has 5 nitrogen and oxygen atoms in total. The standard InChI is InChI=1S/C16H15N3O2/c20-16(15-5-8-21-11-15)18-9-13-1-3-14(4-2-13)10-19-7-6-17-12-19/h1-8,11-12H,9-10H2,(H,18,20). The van der Waals surface area contributed by atoms with Gasteiger partial charge in [-0.2, -0.15) is 0 Å². The third-order valence-electron chi connectivity index (χ3n) is 3.18. The van der Waals surface area contributed by atoms with Gasteiger partial charge in [0.1, 0.15) is 6.26 Å². The Morgan fingerprint density at radius 2 is 2.00 bits per heavy atom. The zero-order chi connectivity index (χ0) is 14.5. The van der Waals surface area contributed by atoms with Crippen LogP contribution in [0.4, 0.5) is 0 Å². The van der Waals surface area contributed by atoms with Gasteiger partial charge in [-0.1, -0.05) is 24.3 Å². The van der Waals surface area contributed by atoms with Crippen LogP contribution in [0.2, 0.25) is 0 Å². The number of hydrogen-bond acceptors (Lipinski definition) is 3. The first-order valence-electron chi connectivity index (χ1n) is 6.65. The van der Waals surface area contributed by atoms with E-state index in [9.17, 15) is 4.79 Å². The van der Waals surface area contributed by atoms with E-state index in [2.05, 4.69) is 22.4 Å². The monoisotopic (exact) mass is 281 g/mol. The third kappa shape index (κ3) is 3.39. The summed E-state index contributed by atoms with van der Waals surface area (Å²) in [6, 6.07) is 9.78. The molecule has 3 aromatic rings. The summed E-state index contributed by atoms with van der Waals surface area (Å²) in [6.07, 6.45) is 8.40. The molecule has 1 N–H and O–H groups in total. The smallest absolute Gasteiger partial charge is 0.254 e. The van der Waals surface area contributed by atoms with Gasteiger partial charge in [-0.25, -0.2) is 4.98 Å². The number of nitrogens with zero attached hydrogens (tertiary/aromatic N) is 2. The zero-order valence-electron chi connectivity index (χ0n) is 11.4. The fraction of sp³-hybridized carbons (Fsp3) is 0.125. The number of aromatic nitrogens is 2. The molecule has 3 rings (SSSR count). The molecule has 0 unspecified atom stereocenters. The molecule has 5 heteroatoms. The van der Waals surface area contributed by atoms with Crippen molar-refractivity contribution in [1.29, 1.82) is 0 Å². The number of imidazole rings is 1. The molecule has 0 aliphatic rings. The minimum absolute atomic E-state index is 0.133. The van der Waals surface area contributed by atoms with E-state index in [4.69, 9.17) is 4.42 Å². The summed E-state index contributed by atoms with van der Waals surface area (Å²) in [7, 11) is 0. The molecule has 0 bridgehead atoms. The topological polar surface area (TPSA) is 60.1 Å². The molecule has 1 aromatic carbocycles. The molecule has 0 saturated heterocycles. The van der Waals surface area contributed by atoms with E-state index in [1.54, 1.807) is 18.6 Å². The normalized spacial score (nSPS) is 10.5. The Balaban J connectivity index is 1.56. The molecule has 2 heterocycles. The Labute approximate surface area is 122 Å². The molecule has 0 spiro atoms. The molecule has 0 aliphatic carbocycles. The summed E-state index contributed by atoms with van der Waals surface area (Å²) in [4.78, 5) is 15.8. The van der Waals surface area contributed by atoms with Crippen molar-refractivity contribution >= 4 is 5.91 Å².